The molecule has 8 nitrogen and oxygen atoms in total. The summed E-state index contributed by atoms with van der Waals surface area (Å²) in [6, 6.07) is 0. The van der Waals surface area contributed by atoms with Crippen LogP contribution in [0, 0.1) is 15.0 Å². The summed E-state index contributed by atoms with van der Waals surface area (Å²) in [6.07, 6.45) is 8.49. The van der Waals surface area contributed by atoms with Crippen molar-refractivity contribution in [1.29, 1.82) is 0 Å². The van der Waals surface area contributed by atoms with Gasteiger partial charge in [0, 0.05) is 0 Å². The van der Waals surface area contributed by atoms with Crippen molar-refractivity contribution in [2.75, 3.05) is 37.9 Å². The molecule has 1 aromatic heterocycles. The van der Waals surface area contributed by atoms with Gasteiger partial charge in [-0.15, -0.1) is 46.2 Å². The first kappa shape index (κ1) is 38.9. The van der Waals surface area contributed by atoms with E-state index >= 15 is 0 Å². The van der Waals surface area contributed by atoms with Crippen LogP contribution >= 0.6 is 58.4 Å². The van der Waals surface area contributed by atoms with Gasteiger partial charge in [-0.3, -0.25) is 19.2 Å². The Morgan fingerprint density at radius 3 is 1.19 bits per heavy atom. The van der Waals surface area contributed by atoms with Crippen LogP contribution in [0.1, 0.15) is 91.9 Å². The Morgan fingerprint density at radius 1 is 0.571 bits per heavy atom. The van der Waals surface area contributed by atoms with Crippen LogP contribution in [0.5, 0.6) is 0 Å². The number of esters is 4. The maximum Gasteiger partial charge on any atom is 0.320 e. The van der Waals surface area contributed by atoms with Gasteiger partial charge in [0.05, 0.1) is 34.8 Å². The predicted molar refractivity (Wildman–Crippen MR) is 174 cm³/mol. The number of carbonyl (C=O) groups is 4. The average molecular weight is 683 g/mol. The third kappa shape index (κ3) is 16.1. The van der Waals surface area contributed by atoms with Gasteiger partial charge in [0.15, 0.2) is 11.8 Å². The van der Waals surface area contributed by atoms with Crippen LogP contribution < -0.4 is 0 Å². The van der Waals surface area contributed by atoms with E-state index in [1.165, 1.54) is 8.42 Å². The van der Waals surface area contributed by atoms with E-state index < -0.39 is 35.7 Å². The lowest BCUT2D eigenvalue weighted by Gasteiger charge is -2.14. The second-order valence-electron chi connectivity index (χ2n) is 9.25. The van der Waals surface area contributed by atoms with Gasteiger partial charge in [-0.05, 0) is 64.9 Å². The standard InChI is InChI=1S/C29H46O8S5/c1-5-34-23(30)21(24(31)35-6-2)17-13-9-11-15-19-39-27-28(42-29(38)41-27)40-20-16-12-10-14-18-22(25(32)36-7-3)26(33)37-8-4/h21-22H,5-20H2,1-4H3. The van der Waals surface area contributed by atoms with Gasteiger partial charge in [-0.2, -0.15) is 0 Å². The van der Waals surface area contributed by atoms with Crippen molar-refractivity contribution in [3.8, 4) is 0 Å². The van der Waals surface area contributed by atoms with Crippen molar-refractivity contribution >= 4 is 82.3 Å². The lowest BCUT2D eigenvalue weighted by molar-refractivity contribution is -0.163. The van der Waals surface area contributed by atoms with E-state index in [9.17, 15) is 19.2 Å². The molecule has 0 aromatic carbocycles. The smallest absolute Gasteiger partial charge is 0.320 e. The number of carbonyl (C=O) groups excluding carboxylic acids is 4. The molecule has 0 atom stereocenters. The molecule has 0 fully saturated rings. The zero-order valence-corrected chi connectivity index (χ0v) is 29.4. The van der Waals surface area contributed by atoms with Crippen molar-refractivity contribution < 1.29 is 38.1 Å². The molecular weight excluding hydrogens is 637 g/mol. The van der Waals surface area contributed by atoms with E-state index in [-0.39, 0.29) is 26.4 Å². The summed E-state index contributed by atoms with van der Waals surface area (Å²) in [5, 5.41) is 0. The van der Waals surface area contributed by atoms with E-state index in [0.717, 1.165) is 66.0 Å². The van der Waals surface area contributed by atoms with Crippen LogP contribution in [0.15, 0.2) is 8.42 Å². The first-order valence-corrected chi connectivity index (χ1v) is 18.9. The molecule has 0 spiro atoms. The van der Waals surface area contributed by atoms with Crippen molar-refractivity contribution in [2.45, 2.75) is 100 Å². The fraction of sp³-hybridized carbons (Fsp3) is 0.759. The molecular formula is C29H46O8S5. The molecule has 0 N–H and O–H groups in total. The minimum Gasteiger partial charge on any atom is -0.465 e. The maximum atomic E-state index is 12.1. The number of hydrogen-bond acceptors (Lipinski definition) is 13. The van der Waals surface area contributed by atoms with Crippen LogP contribution in [-0.2, 0) is 38.1 Å². The van der Waals surface area contributed by atoms with E-state index in [0.29, 0.717) is 12.8 Å². The Bertz CT molecular complexity index is 882. The van der Waals surface area contributed by atoms with E-state index in [4.69, 9.17) is 31.2 Å². The fourth-order valence-electron chi connectivity index (χ4n) is 4.01. The van der Waals surface area contributed by atoms with Gasteiger partial charge in [-0.1, -0.05) is 50.7 Å². The average Bonchev–Trinajstić information content (AvgIpc) is 3.30. The Balaban J connectivity index is 2.31. The monoisotopic (exact) mass is 682 g/mol. The topological polar surface area (TPSA) is 105 Å². The summed E-state index contributed by atoms with van der Waals surface area (Å²) < 4.78 is 23.7. The van der Waals surface area contributed by atoms with E-state index in [1.807, 2.05) is 23.5 Å². The van der Waals surface area contributed by atoms with E-state index in [1.54, 1.807) is 50.4 Å². The van der Waals surface area contributed by atoms with Gasteiger partial charge < -0.3 is 18.9 Å². The lowest BCUT2D eigenvalue weighted by atomic mass is 10.0. The largest absolute Gasteiger partial charge is 0.465 e. The van der Waals surface area contributed by atoms with Crippen LogP contribution in [0.25, 0.3) is 0 Å². The molecule has 0 bridgehead atoms. The van der Waals surface area contributed by atoms with Gasteiger partial charge in [0.2, 0.25) is 0 Å². The Labute approximate surface area is 272 Å². The van der Waals surface area contributed by atoms with Crippen LogP contribution in [-0.4, -0.2) is 61.8 Å². The highest BCUT2D eigenvalue weighted by molar-refractivity contribution is 8.05. The molecule has 0 amide bonds. The summed E-state index contributed by atoms with van der Waals surface area (Å²) in [7, 11) is 0. The minimum atomic E-state index is -0.831. The molecule has 0 saturated carbocycles. The first-order valence-electron chi connectivity index (χ1n) is 14.8. The molecule has 0 saturated heterocycles. The normalized spacial score (nSPS) is 11.1. The lowest BCUT2D eigenvalue weighted by Crippen LogP contribution is -2.28. The number of hydrogen-bond donors (Lipinski definition) is 0. The summed E-state index contributed by atoms with van der Waals surface area (Å²) >= 11 is 12.5. The second kappa shape index (κ2) is 24.2. The number of ether oxygens (including phenoxy) is 4. The number of thioether (sulfide) groups is 2. The third-order valence-corrected chi connectivity index (χ3v) is 11.8. The van der Waals surface area contributed by atoms with Crippen molar-refractivity contribution in [3.05, 3.63) is 3.14 Å². The van der Waals surface area contributed by atoms with E-state index in [2.05, 4.69) is 0 Å². The second-order valence-corrected chi connectivity index (χ2v) is 15.2. The van der Waals surface area contributed by atoms with Crippen molar-refractivity contribution in [2.24, 2.45) is 11.8 Å². The summed E-state index contributed by atoms with van der Waals surface area (Å²) in [4.78, 5) is 48.4. The molecule has 0 unspecified atom stereocenters. The first-order chi connectivity index (χ1) is 20.3. The molecule has 0 aliphatic rings. The maximum absolute atomic E-state index is 12.1. The highest BCUT2D eigenvalue weighted by Gasteiger charge is 2.29. The highest BCUT2D eigenvalue weighted by atomic mass is 32.2. The quantitative estimate of drug-likeness (QED) is 0.0264. The molecule has 13 heteroatoms. The van der Waals surface area contributed by atoms with Crippen molar-refractivity contribution in [1.82, 2.24) is 0 Å². The van der Waals surface area contributed by atoms with Crippen LogP contribution in [0.2, 0.25) is 0 Å². The van der Waals surface area contributed by atoms with Crippen LogP contribution in [0.3, 0.4) is 0 Å². The van der Waals surface area contributed by atoms with Gasteiger partial charge in [0.25, 0.3) is 0 Å². The zero-order chi connectivity index (χ0) is 31.2. The zero-order valence-electron chi connectivity index (χ0n) is 25.3. The van der Waals surface area contributed by atoms with Gasteiger partial charge in [0.1, 0.15) is 3.14 Å². The van der Waals surface area contributed by atoms with Gasteiger partial charge in [-0.25, -0.2) is 0 Å². The molecule has 1 aromatic rings. The molecule has 0 radical (unpaired) electrons. The number of unbranched alkanes of at least 4 members (excludes halogenated alkanes) is 6. The summed E-state index contributed by atoms with van der Waals surface area (Å²) in [5.41, 5.74) is 0. The SMILES string of the molecule is CCOC(=O)C(CCCCCCSc1sc(=S)sc1SCCCCCCC(C(=O)OCC)C(=O)OCC)C(=O)OCC. The summed E-state index contributed by atoms with van der Waals surface area (Å²) in [5.74, 6) is -1.64. The van der Waals surface area contributed by atoms with Gasteiger partial charge >= 0.3 is 23.9 Å². The Morgan fingerprint density at radius 2 is 0.881 bits per heavy atom. The number of rotatable bonds is 24. The molecule has 1 heterocycles. The Kier molecular flexibility index (Phi) is 22.4. The Hall–Kier alpha value is -1.15. The van der Waals surface area contributed by atoms with Crippen LogP contribution in [0.4, 0.5) is 0 Å². The molecule has 1 rings (SSSR count). The molecule has 240 valence electrons. The highest BCUT2D eigenvalue weighted by Crippen LogP contribution is 2.41. The molecule has 0 aliphatic carbocycles. The fourth-order valence-corrected chi connectivity index (χ4v) is 10.3. The minimum absolute atomic E-state index is 0.249. The summed E-state index contributed by atoms with van der Waals surface area (Å²) in [6.45, 7) is 7.92. The third-order valence-electron chi connectivity index (χ3n) is 6.04. The predicted octanol–water partition coefficient (Wildman–Crippen LogP) is 8.11. The molecule has 0 aliphatic heterocycles. The van der Waals surface area contributed by atoms with Crippen molar-refractivity contribution in [3.63, 3.8) is 0 Å². The molecule has 42 heavy (non-hydrogen) atoms.